The van der Waals surface area contributed by atoms with Crippen molar-refractivity contribution < 1.29 is 9.90 Å². The highest BCUT2D eigenvalue weighted by Crippen LogP contribution is 2.14. The van der Waals surface area contributed by atoms with E-state index in [9.17, 15) is 4.79 Å². The Hall–Kier alpha value is -1.91. The molecule has 1 heterocycles. The molecule has 0 spiro atoms. The summed E-state index contributed by atoms with van der Waals surface area (Å²) in [5.41, 5.74) is 0.0175. The van der Waals surface area contributed by atoms with Gasteiger partial charge in [-0.25, -0.2) is 14.8 Å². The third kappa shape index (κ3) is 2.56. The number of hydrogen-bond donors (Lipinski definition) is 2. The van der Waals surface area contributed by atoms with Gasteiger partial charge in [-0.1, -0.05) is 12.2 Å². The van der Waals surface area contributed by atoms with Crippen LogP contribution in [0.1, 0.15) is 29.8 Å². The van der Waals surface area contributed by atoms with E-state index in [4.69, 9.17) is 5.11 Å². The summed E-state index contributed by atoms with van der Waals surface area (Å²) < 4.78 is 0. The number of aromatic carboxylic acids is 1. The van der Waals surface area contributed by atoms with Gasteiger partial charge in [0, 0.05) is 12.2 Å². The molecular formula is C11H13N3O2. The molecular weight excluding hydrogens is 206 g/mol. The number of aromatic nitrogens is 2. The smallest absolute Gasteiger partial charge is 0.354 e. The molecule has 2 N–H and O–H groups in total. The van der Waals surface area contributed by atoms with E-state index in [0.717, 1.165) is 19.3 Å². The largest absolute Gasteiger partial charge is 0.477 e. The minimum atomic E-state index is -1.03. The average Bonchev–Trinajstić information content (AvgIpc) is 2.30. The topological polar surface area (TPSA) is 75.1 Å². The van der Waals surface area contributed by atoms with E-state index in [-0.39, 0.29) is 5.69 Å². The zero-order valence-corrected chi connectivity index (χ0v) is 8.76. The Kier molecular flexibility index (Phi) is 3.14. The van der Waals surface area contributed by atoms with E-state index in [1.807, 2.05) is 0 Å². The lowest BCUT2D eigenvalue weighted by Gasteiger charge is -2.19. The Morgan fingerprint density at radius 3 is 3.06 bits per heavy atom. The fourth-order valence-corrected chi connectivity index (χ4v) is 1.65. The molecule has 16 heavy (non-hydrogen) atoms. The summed E-state index contributed by atoms with van der Waals surface area (Å²) in [5, 5.41) is 11.9. The van der Waals surface area contributed by atoms with Gasteiger partial charge < -0.3 is 10.4 Å². The second kappa shape index (κ2) is 4.74. The zero-order chi connectivity index (χ0) is 11.4. The molecule has 84 valence electrons. The molecule has 0 aromatic carbocycles. The summed E-state index contributed by atoms with van der Waals surface area (Å²) in [6.07, 6.45) is 8.71. The minimum absolute atomic E-state index is 0.0175. The summed E-state index contributed by atoms with van der Waals surface area (Å²) in [4.78, 5) is 18.6. The van der Waals surface area contributed by atoms with E-state index in [1.54, 1.807) is 0 Å². The predicted molar refractivity (Wildman–Crippen MR) is 59.4 cm³/mol. The first kappa shape index (κ1) is 10.6. The second-order valence-electron chi connectivity index (χ2n) is 3.70. The van der Waals surface area contributed by atoms with Crippen molar-refractivity contribution in [2.45, 2.75) is 25.3 Å². The van der Waals surface area contributed by atoms with Gasteiger partial charge in [-0.15, -0.1) is 0 Å². The van der Waals surface area contributed by atoms with Crippen LogP contribution in [-0.4, -0.2) is 27.1 Å². The highest BCUT2D eigenvalue weighted by atomic mass is 16.4. The molecule has 1 aliphatic carbocycles. The Bertz CT molecular complexity index is 417. The number of nitrogens with one attached hydrogen (secondary N) is 1. The molecule has 1 aromatic heterocycles. The Labute approximate surface area is 93.2 Å². The third-order valence-electron chi connectivity index (χ3n) is 2.48. The van der Waals surface area contributed by atoms with Gasteiger partial charge in [-0.3, -0.25) is 0 Å². The first-order chi connectivity index (χ1) is 7.75. The second-order valence-corrected chi connectivity index (χ2v) is 3.70. The number of carbonyl (C=O) groups is 1. The van der Waals surface area contributed by atoms with Crippen LogP contribution in [0.2, 0.25) is 0 Å². The van der Waals surface area contributed by atoms with Crippen LogP contribution in [0.5, 0.6) is 0 Å². The maximum atomic E-state index is 10.7. The lowest BCUT2D eigenvalue weighted by molar-refractivity contribution is 0.0690. The van der Waals surface area contributed by atoms with Crippen molar-refractivity contribution in [3.05, 3.63) is 30.1 Å². The molecule has 0 saturated carbocycles. The number of carboxylic acids is 1. The van der Waals surface area contributed by atoms with Gasteiger partial charge in [0.25, 0.3) is 0 Å². The average molecular weight is 219 g/mol. The summed E-state index contributed by atoms with van der Waals surface area (Å²) in [7, 11) is 0. The molecule has 0 radical (unpaired) electrons. The first-order valence-electron chi connectivity index (χ1n) is 5.23. The van der Waals surface area contributed by atoms with Gasteiger partial charge in [0.1, 0.15) is 0 Å². The van der Waals surface area contributed by atoms with E-state index in [0.29, 0.717) is 12.0 Å². The molecule has 1 unspecified atom stereocenters. The lowest BCUT2D eigenvalue weighted by atomic mass is 10.0. The van der Waals surface area contributed by atoms with Gasteiger partial charge in [0.05, 0.1) is 0 Å². The molecule has 1 aromatic rings. The Balaban J connectivity index is 2.06. The van der Waals surface area contributed by atoms with Crippen LogP contribution in [0.25, 0.3) is 0 Å². The van der Waals surface area contributed by atoms with Crippen LogP contribution < -0.4 is 5.32 Å². The number of allylic oxidation sites excluding steroid dienone is 1. The van der Waals surface area contributed by atoms with Crippen molar-refractivity contribution in [1.29, 1.82) is 0 Å². The van der Waals surface area contributed by atoms with Crippen molar-refractivity contribution in [2.24, 2.45) is 0 Å². The van der Waals surface area contributed by atoms with Crippen LogP contribution in [-0.2, 0) is 0 Å². The zero-order valence-electron chi connectivity index (χ0n) is 8.76. The number of hydrogen-bond acceptors (Lipinski definition) is 4. The Morgan fingerprint density at radius 1 is 1.50 bits per heavy atom. The van der Waals surface area contributed by atoms with E-state index >= 15 is 0 Å². The maximum absolute atomic E-state index is 10.7. The molecule has 2 rings (SSSR count). The monoisotopic (exact) mass is 219 g/mol. The van der Waals surface area contributed by atoms with Crippen LogP contribution in [0.3, 0.4) is 0 Å². The predicted octanol–water partition coefficient (Wildman–Crippen LogP) is 1.70. The number of carboxylic acid groups (broad SMARTS) is 1. The third-order valence-corrected chi connectivity index (χ3v) is 2.48. The molecule has 0 bridgehead atoms. The summed E-state index contributed by atoms with van der Waals surface area (Å²) in [6.45, 7) is 0. The van der Waals surface area contributed by atoms with Gasteiger partial charge >= 0.3 is 5.97 Å². The van der Waals surface area contributed by atoms with E-state index in [2.05, 4.69) is 27.4 Å². The lowest BCUT2D eigenvalue weighted by Crippen LogP contribution is -2.22. The normalized spacial score (nSPS) is 19.4. The molecule has 0 aliphatic heterocycles. The van der Waals surface area contributed by atoms with E-state index in [1.165, 1.54) is 12.3 Å². The van der Waals surface area contributed by atoms with Gasteiger partial charge in [0.2, 0.25) is 5.95 Å². The van der Waals surface area contributed by atoms with Crippen LogP contribution in [0.15, 0.2) is 24.4 Å². The van der Waals surface area contributed by atoms with Crippen molar-refractivity contribution in [3.63, 3.8) is 0 Å². The fraction of sp³-hybridized carbons (Fsp3) is 0.364. The fourth-order valence-electron chi connectivity index (χ4n) is 1.65. The van der Waals surface area contributed by atoms with Crippen LogP contribution >= 0.6 is 0 Å². The highest BCUT2D eigenvalue weighted by Gasteiger charge is 2.12. The SMILES string of the molecule is O=C(O)c1ccnc(NC2CC=CCC2)n1. The van der Waals surface area contributed by atoms with Crippen molar-refractivity contribution in [2.75, 3.05) is 5.32 Å². The van der Waals surface area contributed by atoms with Crippen molar-refractivity contribution in [1.82, 2.24) is 9.97 Å². The van der Waals surface area contributed by atoms with Crippen molar-refractivity contribution >= 4 is 11.9 Å². The maximum Gasteiger partial charge on any atom is 0.354 e. The number of nitrogens with zero attached hydrogens (tertiary/aromatic N) is 2. The van der Waals surface area contributed by atoms with Crippen LogP contribution in [0, 0.1) is 0 Å². The number of rotatable bonds is 3. The minimum Gasteiger partial charge on any atom is -0.477 e. The molecule has 0 saturated heterocycles. The van der Waals surface area contributed by atoms with E-state index < -0.39 is 5.97 Å². The molecule has 5 nitrogen and oxygen atoms in total. The van der Waals surface area contributed by atoms with Crippen LogP contribution in [0.4, 0.5) is 5.95 Å². The summed E-state index contributed by atoms with van der Waals surface area (Å²) in [6, 6.07) is 1.68. The summed E-state index contributed by atoms with van der Waals surface area (Å²) in [5.74, 6) is -0.644. The van der Waals surface area contributed by atoms with Gasteiger partial charge in [-0.05, 0) is 25.3 Å². The quantitative estimate of drug-likeness (QED) is 0.757. The Morgan fingerprint density at radius 2 is 2.38 bits per heavy atom. The van der Waals surface area contributed by atoms with Gasteiger partial charge in [0.15, 0.2) is 5.69 Å². The number of anilines is 1. The highest BCUT2D eigenvalue weighted by molar-refractivity contribution is 5.85. The summed E-state index contributed by atoms with van der Waals surface area (Å²) >= 11 is 0. The standard InChI is InChI=1S/C11H13N3O2/c15-10(16)9-6-7-12-11(14-9)13-8-4-2-1-3-5-8/h1-2,6-8H,3-5H2,(H,15,16)(H,12,13,14). The molecule has 1 atom stereocenters. The molecule has 0 fully saturated rings. The first-order valence-corrected chi connectivity index (χ1v) is 5.23. The van der Waals surface area contributed by atoms with Crippen molar-refractivity contribution in [3.8, 4) is 0 Å². The molecule has 1 aliphatic rings. The molecule has 5 heteroatoms. The van der Waals surface area contributed by atoms with Gasteiger partial charge in [-0.2, -0.15) is 0 Å². The molecule has 0 amide bonds.